The normalized spacial score (nSPS) is 18.5. The molecule has 2 aliphatic carbocycles. The average Bonchev–Trinajstić information content (AvgIpc) is 3.15. The first kappa shape index (κ1) is 21.4. The molecule has 0 unspecified atom stereocenters. The van der Waals surface area contributed by atoms with Crippen molar-refractivity contribution in [2.24, 2.45) is 7.05 Å². The summed E-state index contributed by atoms with van der Waals surface area (Å²) in [4.78, 5) is 15.7. The molecule has 2 aliphatic rings. The molecule has 0 spiro atoms. The molecule has 2 fully saturated rings. The lowest BCUT2D eigenvalue weighted by molar-refractivity contribution is -0.135. The van der Waals surface area contributed by atoms with Gasteiger partial charge in [-0.3, -0.25) is 4.79 Å². The van der Waals surface area contributed by atoms with Gasteiger partial charge in [0.1, 0.15) is 0 Å². The SMILES string of the molecule is Cc1ccc(-c2nnc(SCC(=O)N(C3CCCCC3)C3CCCCC3)n2C)cc1. The molecule has 0 atom stereocenters. The Hall–Kier alpha value is -1.82. The van der Waals surface area contributed by atoms with Crippen LogP contribution in [0.2, 0.25) is 0 Å². The number of aryl methyl sites for hydroxylation is 1. The number of hydrogen-bond acceptors (Lipinski definition) is 4. The lowest BCUT2D eigenvalue weighted by Gasteiger charge is -2.41. The third kappa shape index (κ3) is 4.90. The zero-order valence-corrected chi connectivity index (χ0v) is 19.2. The summed E-state index contributed by atoms with van der Waals surface area (Å²) in [6.07, 6.45) is 12.4. The Bertz CT molecular complexity index is 817. The molecule has 0 N–H and O–H groups in total. The molecule has 30 heavy (non-hydrogen) atoms. The van der Waals surface area contributed by atoms with Gasteiger partial charge in [0.2, 0.25) is 5.91 Å². The van der Waals surface area contributed by atoms with Gasteiger partial charge in [-0.2, -0.15) is 0 Å². The summed E-state index contributed by atoms with van der Waals surface area (Å²) in [7, 11) is 1.99. The van der Waals surface area contributed by atoms with Gasteiger partial charge in [0.05, 0.1) is 5.75 Å². The zero-order chi connectivity index (χ0) is 20.9. The molecule has 0 aliphatic heterocycles. The minimum absolute atomic E-state index is 0.290. The third-order valence-corrected chi connectivity index (χ3v) is 7.70. The summed E-state index contributed by atoms with van der Waals surface area (Å²) in [5, 5.41) is 9.57. The Kier molecular flexibility index (Phi) is 7.13. The minimum Gasteiger partial charge on any atom is -0.336 e. The number of hydrogen-bond donors (Lipinski definition) is 0. The lowest BCUT2D eigenvalue weighted by atomic mass is 9.88. The molecule has 0 radical (unpaired) electrons. The van der Waals surface area contributed by atoms with Crippen LogP contribution in [0.3, 0.4) is 0 Å². The van der Waals surface area contributed by atoms with Gasteiger partial charge < -0.3 is 9.47 Å². The van der Waals surface area contributed by atoms with E-state index in [0.717, 1.165) is 16.5 Å². The summed E-state index contributed by atoms with van der Waals surface area (Å²) in [5.74, 6) is 1.59. The van der Waals surface area contributed by atoms with Crippen LogP contribution in [-0.2, 0) is 11.8 Å². The molecule has 5 nitrogen and oxygen atoms in total. The molecular weight excluding hydrogens is 392 g/mol. The average molecular weight is 427 g/mol. The molecule has 1 amide bonds. The fourth-order valence-corrected chi connectivity index (χ4v) is 5.80. The molecular formula is C24H34N4OS. The smallest absolute Gasteiger partial charge is 0.233 e. The number of benzene rings is 1. The van der Waals surface area contributed by atoms with Crippen molar-refractivity contribution in [3.8, 4) is 11.4 Å². The molecule has 2 aromatic rings. The molecule has 1 heterocycles. The van der Waals surface area contributed by atoms with Crippen molar-refractivity contribution in [3.05, 3.63) is 29.8 Å². The highest BCUT2D eigenvalue weighted by Gasteiger charge is 2.32. The largest absolute Gasteiger partial charge is 0.336 e. The molecule has 4 rings (SSSR count). The molecule has 1 aromatic carbocycles. The molecule has 162 valence electrons. The number of rotatable bonds is 6. The molecule has 1 aromatic heterocycles. The van der Waals surface area contributed by atoms with Gasteiger partial charge in [-0.1, -0.05) is 80.1 Å². The van der Waals surface area contributed by atoms with E-state index in [4.69, 9.17) is 0 Å². The highest BCUT2D eigenvalue weighted by atomic mass is 32.2. The lowest BCUT2D eigenvalue weighted by Crippen LogP contribution is -2.49. The van der Waals surface area contributed by atoms with E-state index < -0.39 is 0 Å². The second-order valence-electron chi connectivity index (χ2n) is 8.90. The molecule has 0 saturated heterocycles. The van der Waals surface area contributed by atoms with E-state index in [2.05, 4.69) is 46.3 Å². The highest BCUT2D eigenvalue weighted by molar-refractivity contribution is 7.99. The standard InChI is InChI=1S/C24H34N4OS/c1-18-13-15-19(16-14-18)23-25-26-24(27(23)2)30-17-22(29)28(20-9-5-3-6-10-20)21-11-7-4-8-12-21/h13-16,20-21H,3-12,17H2,1-2H3. The number of thioether (sulfide) groups is 1. The second-order valence-corrected chi connectivity index (χ2v) is 9.85. The Morgan fingerprint density at radius 2 is 1.53 bits per heavy atom. The van der Waals surface area contributed by atoms with E-state index in [-0.39, 0.29) is 0 Å². The van der Waals surface area contributed by atoms with Crippen LogP contribution < -0.4 is 0 Å². The van der Waals surface area contributed by atoms with Crippen LogP contribution in [0.5, 0.6) is 0 Å². The van der Waals surface area contributed by atoms with Crippen molar-refractivity contribution < 1.29 is 4.79 Å². The van der Waals surface area contributed by atoms with Crippen LogP contribution >= 0.6 is 11.8 Å². The van der Waals surface area contributed by atoms with Gasteiger partial charge in [0.15, 0.2) is 11.0 Å². The number of amides is 1. The van der Waals surface area contributed by atoms with Gasteiger partial charge in [0.25, 0.3) is 0 Å². The van der Waals surface area contributed by atoms with Crippen LogP contribution in [-0.4, -0.2) is 43.4 Å². The van der Waals surface area contributed by atoms with Crippen LogP contribution in [0.25, 0.3) is 11.4 Å². The minimum atomic E-state index is 0.290. The maximum Gasteiger partial charge on any atom is 0.233 e. The van der Waals surface area contributed by atoms with E-state index >= 15 is 0 Å². The third-order valence-electron chi connectivity index (χ3n) is 6.69. The molecule has 0 bridgehead atoms. The predicted molar refractivity (Wildman–Crippen MR) is 122 cm³/mol. The van der Waals surface area contributed by atoms with E-state index in [0.29, 0.717) is 23.7 Å². The fourth-order valence-electron chi connectivity index (χ4n) is 5.02. The van der Waals surface area contributed by atoms with Gasteiger partial charge in [-0.05, 0) is 32.6 Å². The van der Waals surface area contributed by atoms with E-state index in [1.165, 1.54) is 81.5 Å². The van der Waals surface area contributed by atoms with Crippen molar-refractivity contribution >= 4 is 17.7 Å². The Balaban J connectivity index is 1.44. The summed E-state index contributed by atoms with van der Waals surface area (Å²) in [6.45, 7) is 2.08. The quantitative estimate of drug-likeness (QED) is 0.582. The van der Waals surface area contributed by atoms with E-state index in [1.54, 1.807) is 0 Å². The van der Waals surface area contributed by atoms with Crippen LogP contribution in [0, 0.1) is 6.92 Å². The van der Waals surface area contributed by atoms with Crippen molar-refractivity contribution in [2.45, 2.75) is 88.4 Å². The summed E-state index contributed by atoms with van der Waals surface area (Å²) in [6, 6.07) is 9.22. The summed E-state index contributed by atoms with van der Waals surface area (Å²) >= 11 is 1.53. The molecule has 2 saturated carbocycles. The predicted octanol–water partition coefficient (Wildman–Crippen LogP) is 5.38. The first-order valence-electron chi connectivity index (χ1n) is 11.5. The van der Waals surface area contributed by atoms with Crippen molar-refractivity contribution in [1.82, 2.24) is 19.7 Å². The summed E-state index contributed by atoms with van der Waals surface area (Å²) in [5.41, 5.74) is 2.28. The van der Waals surface area contributed by atoms with Crippen LogP contribution in [0.4, 0.5) is 0 Å². The topological polar surface area (TPSA) is 51.0 Å². The Labute approximate surface area is 184 Å². The van der Waals surface area contributed by atoms with Crippen LogP contribution in [0.15, 0.2) is 29.4 Å². The van der Waals surface area contributed by atoms with E-state index in [1.807, 2.05) is 11.6 Å². The molecule has 6 heteroatoms. The fraction of sp³-hybridized carbons (Fsp3) is 0.625. The first-order valence-corrected chi connectivity index (χ1v) is 12.5. The number of carbonyl (C=O) groups excluding carboxylic acids is 1. The summed E-state index contributed by atoms with van der Waals surface area (Å²) < 4.78 is 2.01. The number of aromatic nitrogens is 3. The first-order chi connectivity index (χ1) is 14.6. The van der Waals surface area contributed by atoms with Crippen molar-refractivity contribution in [2.75, 3.05) is 5.75 Å². The second kappa shape index (κ2) is 9.99. The number of carbonyl (C=O) groups is 1. The maximum atomic E-state index is 13.4. The van der Waals surface area contributed by atoms with E-state index in [9.17, 15) is 4.79 Å². The van der Waals surface area contributed by atoms with Gasteiger partial charge in [-0.25, -0.2) is 0 Å². The van der Waals surface area contributed by atoms with Crippen molar-refractivity contribution in [3.63, 3.8) is 0 Å². The zero-order valence-electron chi connectivity index (χ0n) is 18.3. The number of nitrogens with zero attached hydrogens (tertiary/aromatic N) is 4. The van der Waals surface area contributed by atoms with Gasteiger partial charge in [0, 0.05) is 24.7 Å². The Morgan fingerprint density at radius 1 is 0.967 bits per heavy atom. The monoisotopic (exact) mass is 426 g/mol. The van der Waals surface area contributed by atoms with Crippen molar-refractivity contribution in [1.29, 1.82) is 0 Å². The van der Waals surface area contributed by atoms with Gasteiger partial charge >= 0.3 is 0 Å². The van der Waals surface area contributed by atoms with Crippen LogP contribution in [0.1, 0.15) is 69.8 Å². The van der Waals surface area contributed by atoms with Gasteiger partial charge in [-0.15, -0.1) is 10.2 Å². The maximum absolute atomic E-state index is 13.4. The Morgan fingerprint density at radius 3 is 2.10 bits per heavy atom. The highest BCUT2D eigenvalue weighted by Crippen LogP contribution is 2.31.